The fourth-order valence-corrected chi connectivity index (χ4v) is 1.37. The molecule has 0 saturated heterocycles. The van der Waals surface area contributed by atoms with Crippen LogP contribution in [0.3, 0.4) is 0 Å². The van der Waals surface area contributed by atoms with E-state index in [4.69, 9.17) is 4.42 Å². The van der Waals surface area contributed by atoms with Crippen LogP contribution in [-0.4, -0.2) is 9.67 Å². The fraction of sp³-hybridized carbons (Fsp3) is 0.222. The molecule has 0 bridgehead atoms. The lowest BCUT2D eigenvalue weighted by molar-refractivity contribution is 0.453. The highest BCUT2D eigenvalue weighted by Gasteiger charge is 2.09. The first-order valence-corrected chi connectivity index (χ1v) is 4.05. The molecule has 4 heteroatoms. The third-order valence-corrected chi connectivity index (χ3v) is 1.99. The Hall–Kier alpha value is -1.71. The van der Waals surface area contributed by atoms with Gasteiger partial charge < -0.3 is 9.52 Å². The molecular weight excluding hydrogens is 170 g/mol. The Morgan fingerprint density at radius 3 is 3.00 bits per heavy atom. The molecule has 1 aromatic heterocycles. The monoisotopic (exact) mass is 179 g/mol. The van der Waals surface area contributed by atoms with Gasteiger partial charge in [0, 0.05) is 6.54 Å². The smallest absolute Gasteiger partial charge is 0.420 e. The summed E-state index contributed by atoms with van der Waals surface area (Å²) >= 11 is 0. The minimum Gasteiger partial charge on any atom is -0.504 e. The summed E-state index contributed by atoms with van der Waals surface area (Å²) in [4.78, 5) is 11.2. The molecule has 0 saturated carbocycles. The van der Waals surface area contributed by atoms with Crippen molar-refractivity contribution < 1.29 is 9.52 Å². The van der Waals surface area contributed by atoms with E-state index in [1.165, 1.54) is 10.6 Å². The number of hydrogen-bond donors (Lipinski definition) is 1. The Balaban J connectivity index is 2.94. The Bertz CT molecular complexity index is 495. The van der Waals surface area contributed by atoms with Crippen LogP contribution in [0.15, 0.2) is 27.4 Å². The second kappa shape index (κ2) is 2.65. The summed E-state index contributed by atoms with van der Waals surface area (Å²) < 4.78 is 6.35. The van der Waals surface area contributed by atoms with Crippen molar-refractivity contribution in [2.24, 2.45) is 0 Å². The first kappa shape index (κ1) is 7.91. The Morgan fingerprint density at radius 2 is 2.31 bits per heavy atom. The molecule has 0 radical (unpaired) electrons. The first-order chi connectivity index (χ1) is 6.24. The number of hydrogen-bond acceptors (Lipinski definition) is 3. The van der Waals surface area contributed by atoms with E-state index in [9.17, 15) is 9.90 Å². The predicted octanol–water partition coefficient (Wildman–Crippen LogP) is 1.32. The van der Waals surface area contributed by atoms with Crippen LogP contribution >= 0.6 is 0 Å². The van der Waals surface area contributed by atoms with Gasteiger partial charge in [0.15, 0.2) is 11.3 Å². The molecule has 0 fully saturated rings. The summed E-state index contributed by atoms with van der Waals surface area (Å²) in [6.45, 7) is 2.38. The van der Waals surface area contributed by atoms with E-state index in [1.54, 1.807) is 12.1 Å². The van der Waals surface area contributed by atoms with Gasteiger partial charge in [0.25, 0.3) is 0 Å². The molecule has 4 nitrogen and oxygen atoms in total. The summed E-state index contributed by atoms with van der Waals surface area (Å²) in [6, 6.07) is 4.91. The molecule has 13 heavy (non-hydrogen) atoms. The first-order valence-electron chi connectivity index (χ1n) is 4.05. The number of aromatic hydroxyl groups is 1. The summed E-state index contributed by atoms with van der Waals surface area (Å²) in [5.74, 6) is -0.430. The van der Waals surface area contributed by atoms with Crippen molar-refractivity contribution in [2.75, 3.05) is 0 Å². The minimum atomic E-state index is -0.431. The molecule has 0 unspecified atom stereocenters. The van der Waals surface area contributed by atoms with Crippen LogP contribution in [0, 0.1) is 0 Å². The van der Waals surface area contributed by atoms with E-state index in [0.717, 1.165) is 0 Å². The lowest BCUT2D eigenvalue weighted by Crippen LogP contribution is -2.11. The average Bonchev–Trinajstić information content (AvgIpc) is 2.43. The summed E-state index contributed by atoms with van der Waals surface area (Å²) in [5.41, 5.74) is 0.891. The molecule has 0 aliphatic rings. The molecule has 2 aromatic rings. The number of rotatable bonds is 1. The molecule has 68 valence electrons. The Morgan fingerprint density at radius 1 is 1.54 bits per heavy atom. The highest BCUT2D eigenvalue weighted by Crippen LogP contribution is 2.22. The van der Waals surface area contributed by atoms with Gasteiger partial charge >= 0.3 is 5.76 Å². The van der Waals surface area contributed by atoms with Gasteiger partial charge in [-0.2, -0.15) is 0 Å². The maximum atomic E-state index is 11.2. The normalized spacial score (nSPS) is 10.8. The van der Waals surface area contributed by atoms with Crippen LogP contribution in [-0.2, 0) is 6.54 Å². The molecule has 0 atom stereocenters. The number of phenolic OH excluding ortho intramolecular Hbond substituents is 1. The fourth-order valence-electron chi connectivity index (χ4n) is 1.37. The van der Waals surface area contributed by atoms with Crippen molar-refractivity contribution in [1.82, 2.24) is 4.57 Å². The van der Waals surface area contributed by atoms with Crippen LogP contribution in [0.1, 0.15) is 6.92 Å². The Kier molecular flexibility index (Phi) is 1.62. The number of nitrogens with zero attached hydrogens (tertiary/aromatic N) is 1. The Labute approximate surface area is 74.0 Å². The van der Waals surface area contributed by atoms with E-state index in [1.807, 2.05) is 6.92 Å². The zero-order chi connectivity index (χ0) is 9.42. The number of phenols is 1. The molecule has 0 aliphatic carbocycles. The van der Waals surface area contributed by atoms with Crippen molar-refractivity contribution in [3.05, 3.63) is 28.7 Å². The van der Waals surface area contributed by atoms with Gasteiger partial charge in [-0.3, -0.25) is 4.57 Å². The second-order valence-corrected chi connectivity index (χ2v) is 2.74. The SMILES string of the molecule is CCn1c(=O)oc2c(O)cccc21. The minimum absolute atomic E-state index is 0.00167. The third-order valence-electron chi connectivity index (χ3n) is 1.99. The molecule has 0 aliphatic heterocycles. The third kappa shape index (κ3) is 1.02. The van der Waals surface area contributed by atoms with Gasteiger partial charge in [-0.05, 0) is 19.1 Å². The standard InChI is InChI=1S/C9H9NO3/c1-2-10-6-4-3-5-7(11)8(6)13-9(10)12/h3-5,11H,2H2,1H3. The van der Waals surface area contributed by atoms with E-state index in [2.05, 4.69) is 0 Å². The number of oxazole rings is 1. The van der Waals surface area contributed by atoms with Crippen molar-refractivity contribution >= 4 is 11.1 Å². The number of aryl methyl sites for hydroxylation is 1. The molecule has 1 heterocycles. The van der Waals surface area contributed by atoms with Crippen molar-refractivity contribution in [1.29, 1.82) is 0 Å². The van der Waals surface area contributed by atoms with Crippen LogP contribution in [0.2, 0.25) is 0 Å². The van der Waals surface area contributed by atoms with E-state index in [0.29, 0.717) is 12.1 Å². The van der Waals surface area contributed by atoms with E-state index < -0.39 is 5.76 Å². The zero-order valence-corrected chi connectivity index (χ0v) is 7.15. The molecule has 0 amide bonds. The maximum absolute atomic E-state index is 11.2. The topological polar surface area (TPSA) is 55.4 Å². The molecule has 1 aromatic carbocycles. The molecule has 1 N–H and O–H groups in total. The van der Waals surface area contributed by atoms with Crippen LogP contribution < -0.4 is 5.76 Å². The van der Waals surface area contributed by atoms with Gasteiger partial charge in [-0.1, -0.05) is 6.07 Å². The number of fused-ring (bicyclic) bond motifs is 1. The number of benzene rings is 1. The molecule has 2 rings (SSSR count). The molecular formula is C9H9NO3. The van der Waals surface area contributed by atoms with Crippen LogP contribution in [0.5, 0.6) is 5.75 Å². The van der Waals surface area contributed by atoms with Crippen molar-refractivity contribution in [3.8, 4) is 5.75 Å². The summed E-state index contributed by atoms with van der Waals surface area (Å²) in [7, 11) is 0. The van der Waals surface area contributed by atoms with Crippen LogP contribution in [0.25, 0.3) is 11.1 Å². The van der Waals surface area contributed by atoms with Gasteiger partial charge in [0.2, 0.25) is 0 Å². The van der Waals surface area contributed by atoms with Crippen LogP contribution in [0.4, 0.5) is 0 Å². The highest BCUT2D eigenvalue weighted by atomic mass is 16.4. The van der Waals surface area contributed by atoms with Gasteiger partial charge in [-0.25, -0.2) is 4.79 Å². The zero-order valence-electron chi connectivity index (χ0n) is 7.15. The summed E-state index contributed by atoms with van der Waals surface area (Å²) in [6.07, 6.45) is 0. The average molecular weight is 179 g/mol. The van der Waals surface area contributed by atoms with Crippen molar-refractivity contribution in [2.45, 2.75) is 13.5 Å². The van der Waals surface area contributed by atoms with E-state index >= 15 is 0 Å². The lowest BCUT2D eigenvalue weighted by atomic mass is 10.3. The maximum Gasteiger partial charge on any atom is 0.420 e. The largest absolute Gasteiger partial charge is 0.504 e. The predicted molar refractivity (Wildman–Crippen MR) is 47.8 cm³/mol. The highest BCUT2D eigenvalue weighted by molar-refractivity contribution is 5.79. The number of aromatic nitrogens is 1. The molecule has 0 spiro atoms. The van der Waals surface area contributed by atoms with E-state index in [-0.39, 0.29) is 11.3 Å². The summed E-state index contributed by atoms with van der Waals surface area (Å²) in [5, 5.41) is 9.36. The quantitative estimate of drug-likeness (QED) is 0.718. The number of para-hydroxylation sites is 1. The van der Waals surface area contributed by atoms with Gasteiger partial charge in [0.1, 0.15) is 0 Å². The second-order valence-electron chi connectivity index (χ2n) is 2.74. The van der Waals surface area contributed by atoms with Gasteiger partial charge in [0.05, 0.1) is 5.52 Å². The van der Waals surface area contributed by atoms with Crippen molar-refractivity contribution in [3.63, 3.8) is 0 Å². The van der Waals surface area contributed by atoms with Gasteiger partial charge in [-0.15, -0.1) is 0 Å². The lowest BCUT2D eigenvalue weighted by Gasteiger charge is -1.95.